The van der Waals surface area contributed by atoms with E-state index in [0.29, 0.717) is 16.8 Å². The monoisotopic (exact) mass is 498 g/mol. The first-order chi connectivity index (χ1) is 17.3. The number of hydrogen-bond acceptors (Lipinski definition) is 4. The summed E-state index contributed by atoms with van der Waals surface area (Å²) >= 11 is 0. The number of ketones is 1. The van der Waals surface area contributed by atoms with Crippen molar-refractivity contribution in [1.82, 2.24) is 4.31 Å². The van der Waals surface area contributed by atoms with Crippen LogP contribution in [0.5, 0.6) is 0 Å². The van der Waals surface area contributed by atoms with Crippen LogP contribution in [-0.4, -0.2) is 31.5 Å². The summed E-state index contributed by atoms with van der Waals surface area (Å²) in [7, 11) is -2.22. The third-order valence-corrected chi connectivity index (χ3v) is 7.59. The first kappa shape index (κ1) is 25.0. The van der Waals surface area contributed by atoms with E-state index in [4.69, 9.17) is 0 Å². The molecule has 0 aliphatic rings. The van der Waals surface area contributed by atoms with Gasteiger partial charge in [-0.15, -0.1) is 0 Å². The van der Waals surface area contributed by atoms with E-state index in [0.717, 1.165) is 11.1 Å². The molecule has 0 aliphatic carbocycles. The predicted molar refractivity (Wildman–Crippen MR) is 141 cm³/mol. The number of hydrogen-bond donors (Lipinski definition) is 1. The second-order valence-corrected chi connectivity index (χ2v) is 10.5. The van der Waals surface area contributed by atoms with Gasteiger partial charge in [0.25, 0.3) is 5.91 Å². The van der Waals surface area contributed by atoms with Gasteiger partial charge in [-0.1, -0.05) is 72.3 Å². The summed E-state index contributed by atoms with van der Waals surface area (Å²) in [4.78, 5) is 26.1. The smallest absolute Gasteiger partial charge is 0.255 e. The highest BCUT2D eigenvalue weighted by molar-refractivity contribution is 7.89. The van der Waals surface area contributed by atoms with Gasteiger partial charge in [0.2, 0.25) is 10.0 Å². The number of anilines is 1. The molecule has 0 aliphatic heterocycles. The van der Waals surface area contributed by atoms with Crippen LogP contribution in [0, 0.1) is 6.92 Å². The fourth-order valence-corrected chi connectivity index (χ4v) is 4.94. The van der Waals surface area contributed by atoms with E-state index in [1.807, 2.05) is 49.4 Å². The van der Waals surface area contributed by atoms with Gasteiger partial charge in [-0.25, -0.2) is 8.42 Å². The van der Waals surface area contributed by atoms with Gasteiger partial charge >= 0.3 is 0 Å². The number of carbonyl (C=O) groups excluding carboxylic acids is 2. The molecule has 1 N–H and O–H groups in total. The molecule has 4 aromatic rings. The maximum absolute atomic E-state index is 13.1. The summed E-state index contributed by atoms with van der Waals surface area (Å²) in [6, 6.07) is 29.2. The topological polar surface area (TPSA) is 83.6 Å². The van der Waals surface area contributed by atoms with E-state index in [1.165, 1.54) is 35.6 Å². The fraction of sp³-hybridized carbons (Fsp3) is 0.103. The van der Waals surface area contributed by atoms with E-state index in [2.05, 4.69) is 5.32 Å². The molecule has 36 heavy (non-hydrogen) atoms. The number of sulfonamides is 1. The lowest BCUT2D eigenvalue weighted by atomic mass is 9.99. The molecular weight excluding hydrogens is 472 g/mol. The van der Waals surface area contributed by atoms with Crippen molar-refractivity contribution in [3.05, 3.63) is 131 Å². The second-order valence-electron chi connectivity index (χ2n) is 8.47. The number of aryl methyl sites for hydroxylation is 1. The van der Waals surface area contributed by atoms with Crippen LogP contribution in [0.2, 0.25) is 0 Å². The van der Waals surface area contributed by atoms with Crippen LogP contribution in [0.15, 0.2) is 108 Å². The maximum Gasteiger partial charge on any atom is 0.255 e. The molecule has 0 bridgehead atoms. The zero-order chi connectivity index (χ0) is 25.7. The summed E-state index contributed by atoms with van der Waals surface area (Å²) in [6.45, 7) is 2.11. The Bertz CT molecular complexity index is 1480. The van der Waals surface area contributed by atoms with Crippen LogP contribution in [0.4, 0.5) is 5.69 Å². The third kappa shape index (κ3) is 5.59. The van der Waals surface area contributed by atoms with Crippen molar-refractivity contribution in [3.63, 3.8) is 0 Å². The van der Waals surface area contributed by atoms with Gasteiger partial charge in [0, 0.05) is 30.3 Å². The fourth-order valence-electron chi connectivity index (χ4n) is 3.78. The molecule has 7 heteroatoms. The molecule has 4 rings (SSSR count). The Balaban J connectivity index is 1.52. The lowest BCUT2D eigenvalue weighted by molar-refractivity contribution is 0.102. The molecule has 0 aromatic heterocycles. The zero-order valence-electron chi connectivity index (χ0n) is 20.0. The lowest BCUT2D eigenvalue weighted by Gasteiger charge is -2.17. The minimum Gasteiger partial charge on any atom is -0.321 e. The summed E-state index contributed by atoms with van der Waals surface area (Å²) in [6.07, 6.45) is 0. The Morgan fingerprint density at radius 3 is 2.03 bits per heavy atom. The van der Waals surface area contributed by atoms with Crippen molar-refractivity contribution in [2.24, 2.45) is 0 Å². The molecule has 0 unspecified atom stereocenters. The summed E-state index contributed by atoms with van der Waals surface area (Å²) in [5.74, 6) is -0.639. The number of nitrogens with zero attached hydrogens (tertiary/aromatic N) is 1. The first-order valence-corrected chi connectivity index (χ1v) is 12.8. The average Bonchev–Trinajstić information content (AvgIpc) is 2.90. The zero-order valence-corrected chi connectivity index (χ0v) is 20.8. The van der Waals surface area contributed by atoms with Gasteiger partial charge in [0.15, 0.2) is 5.78 Å². The molecular formula is C29H26N2O4S. The van der Waals surface area contributed by atoms with E-state index in [1.54, 1.807) is 36.4 Å². The van der Waals surface area contributed by atoms with Crippen LogP contribution in [0.3, 0.4) is 0 Å². The van der Waals surface area contributed by atoms with Gasteiger partial charge in [-0.05, 0) is 48.9 Å². The molecule has 0 saturated heterocycles. The highest BCUT2D eigenvalue weighted by Gasteiger charge is 2.22. The van der Waals surface area contributed by atoms with E-state index in [-0.39, 0.29) is 22.8 Å². The van der Waals surface area contributed by atoms with Crippen molar-refractivity contribution in [2.75, 3.05) is 12.4 Å². The minimum atomic E-state index is -3.73. The molecule has 4 aromatic carbocycles. The van der Waals surface area contributed by atoms with Crippen LogP contribution in [-0.2, 0) is 16.6 Å². The lowest BCUT2D eigenvalue weighted by Crippen LogP contribution is -2.26. The number of rotatable bonds is 8. The first-order valence-electron chi connectivity index (χ1n) is 11.4. The molecule has 0 spiro atoms. The molecule has 0 radical (unpaired) electrons. The van der Waals surface area contributed by atoms with Crippen LogP contribution >= 0.6 is 0 Å². The Hall–Kier alpha value is -4.07. The standard InChI is InChI=1S/C29H26N2O4S/c1-21-13-18-27(26(19-21)28(32)23-11-7-4-8-12-23)30-29(33)24-14-16-25(17-15-24)36(34,35)31(2)20-22-9-5-3-6-10-22/h3-19H,20H2,1-2H3,(H,30,33). The van der Waals surface area contributed by atoms with Crippen molar-refractivity contribution >= 4 is 27.4 Å². The van der Waals surface area contributed by atoms with Gasteiger partial charge in [-0.3, -0.25) is 9.59 Å². The maximum atomic E-state index is 13.1. The Kier molecular flexibility index (Phi) is 7.43. The molecule has 0 saturated carbocycles. The van der Waals surface area contributed by atoms with Crippen molar-refractivity contribution in [1.29, 1.82) is 0 Å². The second kappa shape index (κ2) is 10.7. The van der Waals surface area contributed by atoms with Gasteiger partial charge in [0.1, 0.15) is 0 Å². The van der Waals surface area contributed by atoms with Gasteiger partial charge < -0.3 is 5.32 Å². The summed E-state index contributed by atoms with van der Waals surface area (Å²) < 4.78 is 27.2. The minimum absolute atomic E-state index is 0.0905. The summed E-state index contributed by atoms with van der Waals surface area (Å²) in [5, 5.41) is 2.80. The van der Waals surface area contributed by atoms with E-state index in [9.17, 15) is 18.0 Å². The third-order valence-electron chi connectivity index (χ3n) is 5.78. The molecule has 1 amide bonds. The predicted octanol–water partition coefficient (Wildman–Crippen LogP) is 5.30. The van der Waals surface area contributed by atoms with E-state index < -0.39 is 15.9 Å². The van der Waals surface area contributed by atoms with Crippen LogP contribution in [0.1, 0.15) is 37.4 Å². The van der Waals surface area contributed by atoms with Crippen molar-refractivity contribution < 1.29 is 18.0 Å². The van der Waals surface area contributed by atoms with Crippen LogP contribution < -0.4 is 5.32 Å². The van der Waals surface area contributed by atoms with Crippen molar-refractivity contribution in [2.45, 2.75) is 18.4 Å². The number of nitrogens with one attached hydrogen (secondary N) is 1. The molecule has 0 fully saturated rings. The van der Waals surface area contributed by atoms with Gasteiger partial charge in [0.05, 0.1) is 10.6 Å². The Labute approximate surface area is 211 Å². The highest BCUT2D eigenvalue weighted by atomic mass is 32.2. The molecule has 0 atom stereocenters. The number of amides is 1. The van der Waals surface area contributed by atoms with Crippen LogP contribution in [0.25, 0.3) is 0 Å². The Morgan fingerprint density at radius 1 is 0.778 bits per heavy atom. The summed E-state index contributed by atoms with van der Waals surface area (Å²) in [5.41, 5.74) is 3.33. The SMILES string of the molecule is Cc1ccc(NC(=O)c2ccc(S(=O)(=O)N(C)Cc3ccccc3)cc2)c(C(=O)c2ccccc2)c1. The molecule has 0 heterocycles. The quantitative estimate of drug-likeness (QED) is 0.334. The average molecular weight is 499 g/mol. The highest BCUT2D eigenvalue weighted by Crippen LogP contribution is 2.23. The van der Waals surface area contributed by atoms with Gasteiger partial charge in [-0.2, -0.15) is 4.31 Å². The number of carbonyl (C=O) groups is 2. The number of benzene rings is 4. The normalized spacial score (nSPS) is 11.3. The molecule has 182 valence electrons. The largest absolute Gasteiger partial charge is 0.321 e. The van der Waals surface area contributed by atoms with Crippen molar-refractivity contribution in [3.8, 4) is 0 Å². The Morgan fingerprint density at radius 2 is 1.39 bits per heavy atom. The molecule has 6 nitrogen and oxygen atoms in total. The van der Waals surface area contributed by atoms with E-state index >= 15 is 0 Å².